The molecule has 0 fully saturated rings. The summed E-state index contributed by atoms with van der Waals surface area (Å²) in [6.07, 6.45) is 0.693. The van der Waals surface area contributed by atoms with E-state index < -0.39 is 11.9 Å². The summed E-state index contributed by atoms with van der Waals surface area (Å²) in [6, 6.07) is 21.5. The first-order valence-corrected chi connectivity index (χ1v) is 12.4. The van der Waals surface area contributed by atoms with Crippen molar-refractivity contribution in [2.45, 2.75) is 26.3 Å². The summed E-state index contributed by atoms with van der Waals surface area (Å²) in [5.74, 6) is 0.894. The molecule has 1 amide bonds. The molecule has 1 aliphatic heterocycles. The van der Waals surface area contributed by atoms with E-state index in [-0.39, 0.29) is 11.2 Å². The van der Waals surface area contributed by atoms with Crippen molar-refractivity contribution in [2.24, 2.45) is 0 Å². The summed E-state index contributed by atoms with van der Waals surface area (Å²) >= 11 is 1.33. The quantitative estimate of drug-likeness (QED) is 0.295. The van der Waals surface area contributed by atoms with Gasteiger partial charge in [-0.05, 0) is 55.3 Å². The lowest BCUT2D eigenvalue weighted by molar-refractivity contribution is 0.0970. The molecular formula is C28H21N3O4S. The Morgan fingerprint density at radius 3 is 2.56 bits per heavy atom. The molecule has 6 rings (SSSR count). The largest absolute Gasteiger partial charge is 0.457 e. The normalized spacial score (nSPS) is 14.9. The highest BCUT2D eigenvalue weighted by Gasteiger charge is 2.45. The highest BCUT2D eigenvalue weighted by molar-refractivity contribution is 7.15. The third-order valence-electron chi connectivity index (χ3n) is 6.14. The van der Waals surface area contributed by atoms with Crippen LogP contribution in [0.4, 0.5) is 5.13 Å². The number of benzene rings is 3. The van der Waals surface area contributed by atoms with Crippen LogP contribution in [0.2, 0.25) is 0 Å². The minimum atomic E-state index is -0.731. The first-order valence-electron chi connectivity index (χ1n) is 11.6. The number of ether oxygens (including phenoxy) is 1. The van der Waals surface area contributed by atoms with Crippen molar-refractivity contribution in [1.82, 2.24) is 10.2 Å². The van der Waals surface area contributed by atoms with E-state index in [1.54, 1.807) is 12.1 Å². The summed E-state index contributed by atoms with van der Waals surface area (Å²) < 4.78 is 12.1. The first-order chi connectivity index (χ1) is 17.5. The number of fused-ring (bicyclic) bond motifs is 2. The number of para-hydroxylation sites is 1. The zero-order valence-electron chi connectivity index (χ0n) is 19.6. The second-order valence-electron chi connectivity index (χ2n) is 8.57. The van der Waals surface area contributed by atoms with Gasteiger partial charge in [-0.15, -0.1) is 10.2 Å². The van der Waals surface area contributed by atoms with Crippen LogP contribution in [0, 0.1) is 6.92 Å². The van der Waals surface area contributed by atoms with Gasteiger partial charge in [-0.3, -0.25) is 14.5 Å². The fraction of sp³-hybridized carbons (Fsp3) is 0.143. The molecule has 178 valence electrons. The van der Waals surface area contributed by atoms with Crippen LogP contribution in [0.3, 0.4) is 0 Å². The van der Waals surface area contributed by atoms with E-state index in [1.807, 2.05) is 74.5 Å². The molecule has 0 N–H and O–H groups in total. The summed E-state index contributed by atoms with van der Waals surface area (Å²) in [6.45, 7) is 3.89. The predicted octanol–water partition coefficient (Wildman–Crippen LogP) is 6.06. The molecule has 0 spiro atoms. The first kappa shape index (κ1) is 22.2. The van der Waals surface area contributed by atoms with Crippen LogP contribution in [-0.4, -0.2) is 16.1 Å². The maximum atomic E-state index is 13.8. The molecule has 1 aliphatic rings. The average molecular weight is 496 g/mol. The van der Waals surface area contributed by atoms with E-state index in [0.717, 1.165) is 10.6 Å². The van der Waals surface area contributed by atoms with Gasteiger partial charge >= 0.3 is 0 Å². The molecule has 36 heavy (non-hydrogen) atoms. The predicted molar refractivity (Wildman–Crippen MR) is 138 cm³/mol. The van der Waals surface area contributed by atoms with Crippen molar-refractivity contribution < 1.29 is 13.9 Å². The Hall–Kier alpha value is -4.30. The van der Waals surface area contributed by atoms with Crippen LogP contribution >= 0.6 is 11.3 Å². The van der Waals surface area contributed by atoms with Gasteiger partial charge in [-0.25, -0.2) is 0 Å². The van der Waals surface area contributed by atoms with E-state index in [9.17, 15) is 9.59 Å². The molecule has 0 saturated carbocycles. The number of anilines is 1. The monoisotopic (exact) mass is 495 g/mol. The molecule has 1 atom stereocenters. The van der Waals surface area contributed by atoms with Crippen LogP contribution in [0.1, 0.15) is 45.2 Å². The van der Waals surface area contributed by atoms with Crippen LogP contribution < -0.4 is 15.1 Å². The Kier molecular flexibility index (Phi) is 5.38. The lowest BCUT2D eigenvalue weighted by Crippen LogP contribution is -2.29. The number of rotatable bonds is 5. The molecule has 8 heteroatoms. The number of aromatic nitrogens is 2. The molecular weight excluding hydrogens is 474 g/mol. The highest BCUT2D eigenvalue weighted by atomic mass is 32.1. The fourth-order valence-corrected chi connectivity index (χ4v) is 5.26. The molecule has 3 heterocycles. The fourth-order valence-electron chi connectivity index (χ4n) is 4.46. The number of hydrogen-bond donors (Lipinski definition) is 0. The Morgan fingerprint density at radius 1 is 0.972 bits per heavy atom. The Bertz CT molecular complexity index is 1680. The SMILES string of the molecule is CCc1nnc(N2C(=O)c3oc4ccc(C)cc4c(=O)c3C2c2cccc(Oc3ccccc3)c2)s1. The van der Waals surface area contributed by atoms with Crippen molar-refractivity contribution in [2.75, 3.05) is 4.90 Å². The standard InChI is InChI=1S/C28H21N3O4S/c1-3-22-29-30-28(36-22)31-24(17-8-7-11-19(15-17)34-18-9-5-4-6-10-18)23-25(32)20-14-16(2)12-13-21(20)35-26(23)27(31)33/h4-15,24H,3H2,1-2H3. The van der Waals surface area contributed by atoms with Crippen molar-refractivity contribution >= 4 is 33.3 Å². The van der Waals surface area contributed by atoms with Crippen molar-refractivity contribution in [1.29, 1.82) is 0 Å². The van der Waals surface area contributed by atoms with Gasteiger partial charge in [0.1, 0.15) is 22.1 Å². The van der Waals surface area contributed by atoms with E-state index in [2.05, 4.69) is 10.2 Å². The molecule has 7 nitrogen and oxygen atoms in total. The van der Waals surface area contributed by atoms with Crippen molar-refractivity contribution in [3.63, 3.8) is 0 Å². The Morgan fingerprint density at radius 2 is 1.78 bits per heavy atom. The third kappa shape index (κ3) is 3.67. The second kappa shape index (κ2) is 8.73. The van der Waals surface area contributed by atoms with Crippen LogP contribution in [0.25, 0.3) is 11.0 Å². The summed E-state index contributed by atoms with van der Waals surface area (Å²) in [5.41, 5.74) is 2.09. The van der Waals surface area contributed by atoms with E-state index in [0.29, 0.717) is 45.1 Å². The van der Waals surface area contributed by atoms with Gasteiger partial charge in [-0.2, -0.15) is 0 Å². The number of nitrogens with zero attached hydrogens (tertiary/aromatic N) is 3. The summed E-state index contributed by atoms with van der Waals surface area (Å²) in [5, 5.41) is 10.1. The zero-order chi connectivity index (χ0) is 24.8. The molecule has 0 aliphatic carbocycles. The topological polar surface area (TPSA) is 85.5 Å². The number of carbonyl (C=O) groups excluding carboxylic acids is 1. The smallest absolute Gasteiger partial charge is 0.297 e. The Labute approximate surface area is 210 Å². The van der Waals surface area contributed by atoms with Gasteiger partial charge in [0.15, 0.2) is 5.43 Å². The molecule has 0 saturated heterocycles. The Balaban J connectivity index is 1.55. The van der Waals surface area contributed by atoms with Gasteiger partial charge in [-0.1, -0.05) is 60.2 Å². The lowest BCUT2D eigenvalue weighted by atomic mass is 9.98. The van der Waals surface area contributed by atoms with Crippen LogP contribution in [0.5, 0.6) is 11.5 Å². The van der Waals surface area contributed by atoms with E-state index in [4.69, 9.17) is 9.15 Å². The lowest BCUT2D eigenvalue weighted by Gasteiger charge is -2.22. The zero-order valence-corrected chi connectivity index (χ0v) is 20.4. The minimum Gasteiger partial charge on any atom is -0.457 e. The summed E-state index contributed by atoms with van der Waals surface area (Å²) in [4.78, 5) is 29.0. The molecule has 0 bridgehead atoms. The minimum absolute atomic E-state index is 0.0315. The molecule has 3 aromatic carbocycles. The van der Waals surface area contributed by atoms with Gasteiger partial charge in [0.2, 0.25) is 10.9 Å². The van der Waals surface area contributed by atoms with Crippen molar-refractivity contribution in [3.05, 3.63) is 110 Å². The maximum Gasteiger partial charge on any atom is 0.297 e. The van der Waals surface area contributed by atoms with Gasteiger partial charge in [0.25, 0.3) is 5.91 Å². The number of hydrogen-bond acceptors (Lipinski definition) is 7. The molecule has 0 radical (unpaired) electrons. The number of aryl methyl sites for hydroxylation is 2. The van der Waals surface area contributed by atoms with Crippen LogP contribution in [-0.2, 0) is 6.42 Å². The molecule has 2 aromatic heterocycles. The number of amides is 1. The van der Waals surface area contributed by atoms with Gasteiger partial charge < -0.3 is 9.15 Å². The highest BCUT2D eigenvalue weighted by Crippen LogP contribution is 2.43. The van der Waals surface area contributed by atoms with Crippen LogP contribution in [0.15, 0.2) is 82.0 Å². The van der Waals surface area contributed by atoms with Gasteiger partial charge in [0.05, 0.1) is 17.0 Å². The summed E-state index contributed by atoms with van der Waals surface area (Å²) in [7, 11) is 0. The second-order valence-corrected chi connectivity index (χ2v) is 9.61. The third-order valence-corrected chi connectivity index (χ3v) is 7.21. The van der Waals surface area contributed by atoms with Crippen molar-refractivity contribution in [3.8, 4) is 11.5 Å². The average Bonchev–Trinajstić information content (AvgIpc) is 3.48. The van der Waals surface area contributed by atoms with E-state index >= 15 is 0 Å². The number of carbonyl (C=O) groups is 1. The molecule has 1 unspecified atom stereocenters. The maximum absolute atomic E-state index is 13.8. The van der Waals surface area contributed by atoms with E-state index in [1.165, 1.54) is 16.2 Å². The van der Waals surface area contributed by atoms with Gasteiger partial charge in [0, 0.05) is 0 Å². The molecule has 5 aromatic rings.